The molecule has 1 N–H and O–H groups in total. The number of aromatic nitrogens is 2. The number of carbonyl (C=O) groups is 1. The molecule has 1 aliphatic rings. The number of fused-ring (bicyclic) bond motifs is 1. The number of benzene rings is 2. The van der Waals surface area contributed by atoms with Crippen molar-refractivity contribution < 1.29 is 9.69 Å². The van der Waals surface area contributed by atoms with Gasteiger partial charge in [-0.25, -0.2) is 9.97 Å². The number of carbonyl (C=O) groups excluding carboxylic acids is 1. The van der Waals surface area contributed by atoms with Gasteiger partial charge in [0.15, 0.2) is 0 Å². The molecule has 2 aromatic carbocycles. The van der Waals surface area contributed by atoms with Crippen LogP contribution in [0.5, 0.6) is 0 Å². The van der Waals surface area contributed by atoms with Gasteiger partial charge in [-0.15, -0.1) is 0 Å². The second-order valence-corrected chi connectivity index (χ2v) is 8.92. The van der Waals surface area contributed by atoms with Crippen LogP contribution in [-0.2, 0) is 11.3 Å². The van der Waals surface area contributed by atoms with Crippen LogP contribution in [0.25, 0.3) is 10.9 Å². The van der Waals surface area contributed by atoms with Crippen LogP contribution in [0, 0.1) is 6.92 Å². The minimum absolute atomic E-state index is 0.164. The molecule has 2 heterocycles. The quantitative estimate of drug-likeness (QED) is 0.521. The van der Waals surface area contributed by atoms with Crippen LogP contribution in [0.3, 0.4) is 0 Å². The summed E-state index contributed by atoms with van der Waals surface area (Å²) in [6.07, 6.45) is 0. The zero-order valence-corrected chi connectivity index (χ0v) is 17.8. The van der Waals surface area contributed by atoms with Gasteiger partial charge in [-0.3, -0.25) is 4.79 Å². The number of piperazine rings is 1. The second kappa shape index (κ2) is 8.93. The molecule has 0 radical (unpaired) electrons. The summed E-state index contributed by atoms with van der Waals surface area (Å²) < 4.78 is 0. The van der Waals surface area contributed by atoms with Crippen molar-refractivity contribution in [2.45, 2.75) is 30.7 Å². The molecule has 4 rings (SSSR count). The van der Waals surface area contributed by atoms with E-state index < -0.39 is 0 Å². The van der Waals surface area contributed by atoms with Gasteiger partial charge in [-0.1, -0.05) is 60.3 Å². The van der Waals surface area contributed by atoms with Crippen molar-refractivity contribution in [1.82, 2.24) is 14.9 Å². The fraction of sp³-hybridized carbons (Fsp3) is 0.348. The Morgan fingerprint density at radius 2 is 1.76 bits per heavy atom. The molecule has 0 bridgehead atoms. The Labute approximate surface area is 176 Å². The van der Waals surface area contributed by atoms with Crippen LogP contribution >= 0.6 is 11.8 Å². The standard InChI is InChI=1S/C23H26N4OS/c1-17(29-22-20-10-6-7-11-21(20)24-18(2)25-22)23(28)27-14-12-26(13-15-27)16-19-8-4-3-5-9-19/h3-11,17H,12-16H2,1-2H3/p+1/t17-/m0/s1. The molecule has 0 aliphatic carbocycles. The van der Waals surface area contributed by atoms with Crippen molar-refractivity contribution in [3.05, 3.63) is 66.0 Å². The monoisotopic (exact) mass is 407 g/mol. The van der Waals surface area contributed by atoms with Crippen molar-refractivity contribution in [1.29, 1.82) is 0 Å². The van der Waals surface area contributed by atoms with Crippen LogP contribution in [-0.4, -0.2) is 52.2 Å². The van der Waals surface area contributed by atoms with Crippen molar-refractivity contribution in [3.8, 4) is 0 Å². The smallest absolute Gasteiger partial charge is 0.236 e. The summed E-state index contributed by atoms with van der Waals surface area (Å²) in [6.45, 7) is 8.53. The van der Waals surface area contributed by atoms with Gasteiger partial charge in [0, 0.05) is 10.9 Å². The number of para-hydroxylation sites is 1. The van der Waals surface area contributed by atoms with E-state index in [1.807, 2.05) is 43.0 Å². The van der Waals surface area contributed by atoms with Gasteiger partial charge in [0.05, 0.1) is 36.9 Å². The van der Waals surface area contributed by atoms with Crippen LogP contribution in [0.2, 0.25) is 0 Å². The lowest BCUT2D eigenvalue weighted by Crippen LogP contribution is -3.13. The zero-order chi connectivity index (χ0) is 20.2. The molecule has 1 atom stereocenters. The molecule has 0 spiro atoms. The molecular formula is C23H27N4OS+. The first-order valence-electron chi connectivity index (χ1n) is 10.2. The number of nitrogens with zero attached hydrogens (tertiary/aromatic N) is 3. The van der Waals surface area contributed by atoms with E-state index in [1.54, 1.807) is 11.8 Å². The second-order valence-electron chi connectivity index (χ2n) is 7.59. The van der Waals surface area contributed by atoms with E-state index in [2.05, 4.69) is 40.3 Å². The number of thioether (sulfide) groups is 1. The van der Waals surface area contributed by atoms with Crippen molar-refractivity contribution in [2.24, 2.45) is 0 Å². The van der Waals surface area contributed by atoms with E-state index >= 15 is 0 Å². The molecule has 1 aliphatic heterocycles. The van der Waals surface area contributed by atoms with Gasteiger partial charge in [0.25, 0.3) is 0 Å². The molecule has 5 nitrogen and oxygen atoms in total. The first-order valence-corrected chi connectivity index (χ1v) is 11.0. The predicted octanol–water partition coefficient (Wildman–Crippen LogP) is 2.35. The molecule has 29 heavy (non-hydrogen) atoms. The maximum atomic E-state index is 13.0. The average molecular weight is 408 g/mol. The summed E-state index contributed by atoms with van der Waals surface area (Å²) in [5.41, 5.74) is 2.29. The lowest BCUT2D eigenvalue weighted by Gasteiger charge is -2.33. The van der Waals surface area contributed by atoms with Gasteiger partial charge in [-0.05, 0) is 19.9 Å². The predicted molar refractivity (Wildman–Crippen MR) is 117 cm³/mol. The number of amides is 1. The molecule has 6 heteroatoms. The maximum Gasteiger partial charge on any atom is 0.236 e. The Morgan fingerprint density at radius 1 is 1.07 bits per heavy atom. The highest BCUT2D eigenvalue weighted by molar-refractivity contribution is 8.00. The summed E-state index contributed by atoms with van der Waals surface area (Å²) in [4.78, 5) is 25.7. The van der Waals surface area contributed by atoms with Gasteiger partial charge in [0.2, 0.25) is 5.91 Å². The molecule has 1 fully saturated rings. The van der Waals surface area contributed by atoms with E-state index in [4.69, 9.17) is 0 Å². The zero-order valence-electron chi connectivity index (χ0n) is 17.0. The summed E-state index contributed by atoms with van der Waals surface area (Å²) in [6, 6.07) is 18.6. The van der Waals surface area contributed by atoms with Crippen LogP contribution in [0.15, 0.2) is 59.6 Å². The molecule has 3 aromatic rings. The summed E-state index contributed by atoms with van der Waals surface area (Å²) in [5, 5.41) is 1.74. The van der Waals surface area contributed by atoms with E-state index in [0.717, 1.165) is 54.5 Å². The Hall–Kier alpha value is -2.44. The van der Waals surface area contributed by atoms with E-state index in [-0.39, 0.29) is 11.2 Å². The first kappa shape index (κ1) is 19.9. The number of quaternary nitrogens is 1. The number of aryl methyl sites for hydroxylation is 1. The number of hydrogen-bond acceptors (Lipinski definition) is 4. The van der Waals surface area contributed by atoms with Gasteiger partial charge in [0.1, 0.15) is 17.4 Å². The third-order valence-electron chi connectivity index (χ3n) is 5.40. The highest BCUT2D eigenvalue weighted by Crippen LogP contribution is 2.29. The van der Waals surface area contributed by atoms with Crippen LogP contribution < -0.4 is 4.90 Å². The van der Waals surface area contributed by atoms with Gasteiger partial charge >= 0.3 is 0 Å². The molecular weight excluding hydrogens is 380 g/mol. The fourth-order valence-electron chi connectivity index (χ4n) is 3.83. The van der Waals surface area contributed by atoms with E-state index in [1.165, 1.54) is 10.5 Å². The van der Waals surface area contributed by atoms with Crippen molar-refractivity contribution in [2.75, 3.05) is 26.2 Å². The lowest BCUT2D eigenvalue weighted by atomic mass is 10.2. The fourth-order valence-corrected chi connectivity index (χ4v) is 4.90. The minimum atomic E-state index is -0.164. The number of rotatable bonds is 5. The summed E-state index contributed by atoms with van der Waals surface area (Å²) >= 11 is 1.54. The van der Waals surface area contributed by atoms with Crippen molar-refractivity contribution in [3.63, 3.8) is 0 Å². The number of nitrogens with one attached hydrogen (secondary N) is 1. The van der Waals surface area contributed by atoms with Gasteiger partial charge < -0.3 is 9.80 Å². The number of hydrogen-bond donors (Lipinski definition) is 1. The normalized spacial score (nSPS) is 16.1. The van der Waals surface area contributed by atoms with Gasteiger partial charge in [-0.2, -0.15) is 0 Å². The Morgan fingerprint density at radius 3 is 2.52 bits per heavy atom. The summed E-state index contributed by atoms with van der Waals surface area (Å²) in [7, 11) is 0. The van der Waals surface area contributed by atoms with E-state index in [9.17, 15) is 4.79 Å². The Balaban J connectivity index is 1.37. The SMILES string of the molecule is Cc1nc(S[C@@H](C)C(=O)N2CC[NH+](Cc3ccccc3)CC2)c2ccccc2n1. The van der Waals surface area contributed by atoms with Crippen LogP contribution in [0.1, 0.15) is 18.3 Å². The first-order chi connectivity index (χ1) is 14.1. The maximum absolute atomic E-state index is 13.0. The molecule has 0 unspecified atom stereocenters. The molecule has 1 amide bonds. The van der Waals surface area contributed by atoms with Crippen LogP contribution in [0.4, 0.5) is 0 Å². The third kappa shape index (κ3) is 4.77. The molecule has 0 saturated carbocycles. The third-order valence-corrected chi connectivity index (χ3v) is 6.49. The molecule has 1 aromatic heterocycles. The summed E-state index contributed by atoms with van der Waals surface area (Å²) in [5.74, 6) is 0.943. The average Bonchev–Trinajstić information content (AvgIpc) is 2.74. The highest BCUT2D eigenvalue weighted by atomic mass is 32.2. The van der Waals surface area contributed by atoms with E-state index in [0.29, 0.717) is 0 Å². The topological polar surface area (TPSA) is 50.5 Å². The largest absolute Gasteiger partial charge is 0.330 e. The lowest BCUT2D eigenvalue weighted by molar-refractivity contribution is -0.917. The highest BCUT2D eigenvalue weighted by Gasteiger charge is 2.28. The van der Waals surface area contributed by atoms with Crippen molar-refractivity contribution >= 4 is 28.6 Å². The Bertz CT molecular complexity index is 987. The Kier molecular flexibility index (Phi) is 6.11. The molecule has 150 valence electrons. The molecule has 1 saturated heterocycles. The minimum Gasteiger partial charge on any atom is -0.330 e.